The molecule has 0 aliphatic heterocycles. The Morgan fingerprint density at radius 3 is 2.76 bits per heavy atom. The lowest BCUT2D eigenvalue weighted by Crippen LogP contribution is -2.27. The average Bonchev–Trinajstić information content (AvgIpc) is 2.67. The number of halogens is 1. The summed E-state index contributed by atoms with van der Waals surface area (Å²) in [5.74, 6) is 0. The van der Waals surface area contributed by atoms with Gasteiger partial charge < -0.3 is 9.72 Å². The van der Waals surface area contributed by atoms with Crippen LogP contribution in [0.25, 0.3) is 11.0 Å². The molecule has 2 aromatic rings. The molecular weight excluding hydrogens is 286 g/mol. The Labute approximate surface area is 107 Å². The van der Waals surface area contributed by atoms with Gasteiger partial charge in [-0.05, 0) is 43.6 Å². The molecule has 0 bridgehead atoms. The van der Waals surface area contributed by atoms with Gasteiger partial charge in [0, 0.05) is 5.56 Å². The van der Waals surface area contributed by atoms with Crippen LogP contribution in [0.15, 0.2) is 10.8 Å². The highest BCUT2D eigenvalue weighted by atomic mass is 79.9. The lowest BCUT2D eigenvalue weighted by Gasteiger charge is -2.19. The van der Waals surface area contributed by atoms with E-state index in [4.69, 9.17) is 4.74 Å². The highest BCUT2D eigenvalue weighted by Gasteiger charge is 2.22. The Morgan fingerprint density at radius 1 is 1.53 bits per heavy atom. The number of hydrogen-bond acceptors (Lipinski definition) is 3. The number of aryl methyl sites for hydroxylation is 1. The van der Waals surface area contributed by atoms with Gasteiger partial charge in [-0.1, -0.05) is 0 Å². The topological polar surface area (TPSA) is 59.9 Å². The minimum Gasteiger partial charge on any atom is -0.442 e. The van der Waals surface area contributed by atoms with Crippen molar-refractivity contribution in [1.82, 2.24) is 14.8 Å². The Bertz CT molecular complexity index is 577. The zero-order chi connectivity index (χ0) is 12.8. The SMILES string of the molecule is Cc1c(Br)[nH]c2cnn(C(=O)OC(C)(C)C)c12. The summed E-state index contributed by atoms with van der Waals surface area (Å²) < 4.78 is 7.41. The highest BCUT2D eigenvalue weighted by molar-refractivity contribution is 9.10. The van der Waals surface area contributed by atoms with Gasteiger partial charge in [-0.2, -0.15) is 9.78 Å². The lowest BCUT2D eigenvalue weighted by atomic mass is 10.2. The van der Waals surface area contributed by atoms with Crippen LogP contribution in [0, 0.1) is 6.92 Å². The summed E-state index contributed by atoms with van der Waals surface area (Å²) >= 11 is 3.38. The van der Waals surface area contributed by atoms with Crippen LogP contribution in [-0.4, -0.2) is 26.5 Å². The molecule has 0 atom stereocenters. The van der Waals surface area contributed by atoms with Crippen molar-refractivity contribution in [3.05, 3.63) is 16.4 Å². The van der Waals surface area contributed by atoms with Gasteiger partial charge in [-0.15, -0.1) is 0 Å². The fourth-order valence-electron chi connectivity index (χ4n) is 1.56. The van der Waals surface area contributed by atoms with E-state index in [1.807, 2.05) is 27.7 Å². The van der Waals surface area contributed by atoms with E-state index in [1.165, 1.54) is 4.68 Å². The molecule has 0 unspecified atom stereocenters. The van der Waals surface area contributed by atoms with Crippen molar-refractivity contribution in [2.75, 3.05) is 0 Å². The van der Waals surface area contributed by atoms with E-state index in [0.717, 1.165) is 21.2 Å². The largest absolute Gasteiger partial charge is 0.442 e. The Hall–Kier alpha value is -1.30. The van der Waals surface area contributed by atoms with E-state index >= 15 is 0 Å². The van der Waals surface area contributed by atoms with Crippen LogP contribution in [0.5, 0.6) is 0 Å². The van der Waals surface area contributed by atoms with Crippen molar-refractivity contribution in [2.24, 2.45) is 0 Å². The molecule has 0 spiro atoms. The monoisotopic (exact) mass is 299 g/mol. The summed E-state index contributed by atoms with van der Waals surface area (Å²) in [4.78, 5) is 15.0. The number of ether oxygens (including phenoxy) is 1. The zero-order valence-electron chi connectivity index (χ0n) is 10.2. The number of aromatic nitrogens is 3. The minimum absolute atomic E-state index is 0.470. The molecule has 17 heavy (non-hydrogen) atoms. The average molecular weight is 300 g/mol. The molecule has 2 aromatic heterocycles. The third kappa shape index (κ3) is 2.22. The molecule has 0 saturated carbocycles. The van der Waals surface area contributed by atoms with Crippen molar-refractivity contribution < 1.29 is 9.53 Å². The number of rotatable bonds is 0. The molecule has 6 heteroatoms. The Morgan fingerprint density at radius 2 is 2.18 bits per heavy atom. The maximum absolute atomic E-state index is 11.9. The van der Waals surface area contributed by atoms with Crippen LogP contribution >= 0.6 is 15.9 Å². The quantitative estimate of drug-likeness (QED) is 0.812. The highest BCUT2D eigenvalue weighted by Crippen LogP contribution is 2.25. The summed E-state index contributed by atoms with van der Waals surface area (Å²) in [6.45, 7) is 7.38. The molecule has 1 N–H and O–H groups in total. The zero-order valence-corrected chi connectivity index (χ0v) is 11.8. The normalized spacial score (nSPS) is 12.1. The molecule has 92 valence electrons. The number of nitrogens with one attached hydrogen (secondary N) is 1. The predicted molar refractivity (Wildman–Crippen MR) is 68.2 cm³/mol. The second-order valence-corrected chi connectivity index (χ2v) is 5.66. The predicted octanol–water partition coefficient (Wildman–Crippen LogP) is 3.22. The van der Waals surface area contributed by atoms with E-state index in [1.54, 1.807) is 6.20 Å². The number of carbonyl (C=O) groups excluding carboxylic acids is 1. The molecule has 0 saturated heterocycles. The van der Waals surface area contributed by atoms with Gasteiger partial charge in [0.15, 0.2) is 0 Å². The number of fused-ring (bicyclic) bond motifs is 1. The van der Waals surface area contributed by atoms with Crippen molar-refractivity contribution in [3.8, 4) is 0 Å². The fourth-order valence-corrected chi connectivity index (χ4v) is 1.96. The van der Waals surface area contributed by atoms with Crippen molar-refractivity contribution >= 4 is 33.1 Å². The summed E-state index contributed by atoms with van der Waals surface area (Å²) in [5, 5.41) is 4.03. The molecule has 2 rings (SSSR count). The van der Waals surface area contributed by atoms with Crippen molar-refractivity contribution in [3.63, 3.8) is 0 Å². The molecular formula is C11H14BrN3O2. The lowest BCUT2D eigenvalue weighted by molar-refractivity contribution is 0.0522. The van der Waals surface area contributed by atoms with Crippen molar-refractivity contribution in [1.29, 1.82) is 0 Å². The van der Waals surface area contributed by atoms with Gasteiger partial charge in [0.2, 0.25) is 0 Å². The van der Waals surface area contributed by atoms with E-state index in [-0.39, 0.29) is 0 Å². The smallest absolute Gasteiger partial charge is 0.435 e. The first kappa shape index (κ1) is 12.2. The van der Waals surface area contributed by atoms with Crippen LogP contribution in [-0.2, 0) is 4.74 Å². The van der Waals surface area contributed by atoms with Crippen LogP contribution in [0.3, 0.4) is 0 Å². The molecule has 0 aliphatic rings. The van der Waals surface area contributed by atoms with E-state index in [2.05, 4.69) is 26.0 Å². The minimum atomic E-state index is -0.531. The third-order valence-corrected chi connectivity index (χ3v) is 3.06. The third-order valence-electron chi connectivity index (χ3n) is 2.26. The molecule has 5 nitrogen and oxygen atoms in total. The molecule has 0 amide bonds. The van der Waals surface area contributed by atoms with Gasteiger partial charge in [0.05, 0.1) is 16.3 Å². The molecule has 0 fully saturated rings. The first-order valence-electron chi connectivity index (χ1n) is 5.25. The van der Waals surface area contributed by atoms with Crippen LogP contribution in [0.4, 0.5) is 4.79 Å². The van der Waals surface area contributed by atoms with E-state index in [9.17, 15) is 4.79 Å². The van der Waals surface area contributed by atoms with E-state index in [0.29, 0.717) is 0 Å². The second-order valence-electron chi connectivity index (χ2n) is 4.86. The number of hydrogen-bond donors (Lipinski definition) is 1. The molecule has 0 radical (unpaired) electrons. The molecule has 0 aliphatic carbocycles. The van der Waals surface area contributed by atoms with Crippen molar-refractivity contribution in [2.45, 2.75) is 33.3 Å². The Balaban J connectivity index is 2.45. The van der Waals surface area contributed by atoms with Gasteiger partial charge in [0.25, 0.3) is 0 Å². The van der Waals surface area contributed by atoms with Gasteiger partial charge in [-0.25, -0.2) is 4.79 Å². The number of aromatic amines is 1. The summed E-state index contributed by atoms with van der Waals surface area (Å²) in [6, 6.07) is 0. The second kappa shape index (κ2) is 3.87. The molecule has 2 heterocycles. The summed E-state index contributed by atoms with van der Waals surface area (Å²) in [7, 11) is 0. The first-order valence-corrected chi connectivity index (χ1v) is 6.04. The van der Waals surface area contributed by atoms with Gasteiger partial charge in [-0.3, -0.25) is 0 Å². The van der Waals surface area contributed by atoms with E-state index < -0.39 is 11.7 Å². The standard InChI is InChI=1S/C11H14BrN3O2/c1-6-8-7(14-9(6)12)5-13-15(8)10(16)17-11(2,3)4/h5,14H,1-4H3. The number of carbonyl (C=O) groups is 1. The van der Waals surface area contributed by atoms with Gasteiger partial charge >= 0.3 is 6.09 Å². The molecule has 0 aromatic carbocycles. The van der Waals surface area contributed by atoms with Gasteiger partial charge in [0.1, 0.15) is 11.1 Å². The summed E-state index contributed by atoms with van der Waals surface area (Å²) in [5.41, 5.74) is 1.95. The van der Waals surface area contributed by atoms with Crippen LogP contribution in [0.2, 0.25) is 0 Å². The fraction of sp³-hybridized carbons (Fsp3) is 0.455. The van der Waals surface area contributed by atoms with Crippen LogP contribution in [0.1, 0.15) is 26.3 Å². The number of H-pyrrole nitrogens is 1. The van der Waals surface area contributed by atoms with Crippen LogP contribution < -0.4 is 0 Å². The number of nitrogens with zero attached hydrogens (tertiary/aromatic N) is 2. The maximum Gasteiger partial charge on any atom is 0.435 e. The first-order chi connectivity index (χ1) is 7.79. The Kier molecular flexibility index (Phi) is 2.77. The summed E-state index contributed by atoms with van der Waals surface area (Å²) in [6.07, 6.45) is 1.14. The maximum atomic E-state index is 11.9.